The van der Waals surface area contributed by atoms with Gasteiger partial charge in [0.15, 0.2) is 0 Å². The molecular weight excluding hydrogens is 234 g/mol. The summed E-state index contributed by atoms with van der Waals surface area (Å²) in [5.41, 5.74) is 2.32. The summed E-state index contributed by atoms with van der Waals surface area (Å²) in [4.78, 5) is 0. The first-order chi connectivity index (χ1) is 9.42. The van der Waals surface area contributed by atoms with Crippen LogP contribution in [-0.4, -0.2) is 15.8 Å². The Morgan fingerprint density at radius 1 is 1.05 bits per heavy atom. The number of hydrogen-bond donors (Lipinski definition) is 1. The molecule has 2 aromatic rings. The van der Waals surface area contributed by atoms with Crippen molar-refractivity contribution in [2.45, 2.75) is 44.6 Å². The number of benzene rings is 1. The minimum Gasteiger partial charge on any atom is -0.382 e. The van der Waals surface area contributed by atoms with Crippen molar-refractivity contribution in [3.05, 3.63) is 42.7 Å². The van der Waals surface area contributed by atoms with Gasteiger partial charge in [-0.25, -0.2) is 4.68 Å². The van der Waals surface area contributed by atoms with Crippen LogP contribution in [0.5, 0.6) is 0 Å². The molecule has 3 nitrogen and oxygen atoms in total. The second-order valence-corrected chi connectivity index (χ2v) is 5.33. The molecule has 0 aliphatic heterocycles. The van der Waals surface area contributed by atoms with Gasteiger partial charge in [0.05, 0.1) is 5.69 Å². The van der Waals surface area contributed by atoms with Crippen molar-refractivity contribution in [2.24, 2.45) is 0 Å². The lowest BCUT2D eigenvalue weighted by molar-refractivity contribution is 0.620. The van der Waals surface area contributed by atoms with E-state index in [9.17, 15) is 0 Å². The normalized spacial score (nSPS) is 17.1. The van der Waals surface area contributed by atoms with Gasteiger partial charge in [0.1, 0.15) is 0 Å². The smallest absolute Gasteiger partial charge is 0.0666 e. The molecule has 0 radical (unpaired) electrons. The van der Waals surface area contributed by atoms with E-state index in [1.165, 1.54) is 44.2 Å². The predicted molar refractivity (Wildman–Crippen MR) is 78.7 cm³/mol. The van der Waals surface area contributed by atoms with E-state index in [2.05, 4.69) is 34.7 Å². The van der Waals surface area contributed by atoms with Gasteiger partial charge in [-0.3, -0.25) is 0 Å². The van der Waals surface area contributed by atoms with Gasteiger partial charge in [-0.2, -0.15) is 5.10 Å². The van der Waals surface area contributed by atoms with Crippen LogP contribution in [0.3, 0.4) is 0 Å². The quantitative estimate of drug-likeness (QED) is 0.840. The fourth-order valence-corrected chi connectivity index (χ4v) is 2.82. The molecule has 0 bridgehead atoms. The van der Waals surface area contributed by atoms with E-state index in [0.29, 0.717) is 6.04 Å². The molecule has 19 heavy (non-hydrogen) atoms. The van der Waals surface area contributed by atoms with Crippen LogP contribution in [0.15, 0.2) is 42.7 Å². The molecule has 1 aromatic heterocycles. The van der Waals surface area contributed by atoms with E-state index in [1.54, 1.807) is 0 Å². The van der Waals surface area contributed by atoms with Crippen molar-refractivity contribution in [3.8, 4) is 5.69 Å². The van der Waals surface area contributed by atoms with Crippen molar-refractivity contribution in [3.63, 3.8) is 0 Å². The number of hydrogen-bond acceptors (Lipinski definition) is 2. The molecule has 1 saturated carbocycles. The zero-order chi connectivity index (χ0) is 12.9. The van der Waals surface area contributed by atoms with Gasteiger partial charge < -0.3 is 5.32 Å². The van der Waals surface area contributed by atoms with Crippen molar-refractivity contribution in [1.82, 2.24) is 9.78 Å². The lowest BCUT2D eigenvalue weighted by atomic mass is 10.1. The third-order valence-electron chi connectivity index (χ3n) is 3.84. The third-order valence-corrected chi connectivity index (χ3v) is 3.84. The Hall–Kier alpha value is -1.77. The van der Waals surface area contributed by atoms with Gasteiger partial charge in [-0.15, -0.1) is 0 Å². The molecule has 1 N–H and O–H groups in total. The summed E-state index contributed by atoms with van der Waals surface area (Å²) < 4.78 is 1.90. The van der Waals surface area contributed by atoms with Crippen LogP contribution in [0.2, 0.25) is 0 Å². The largest absolute Gasteiger partial charge is 0.382 e. The Bertz CT molecular complexity index is 496. The number of nitrogens with zero attached hydrogens (tertiary/aromatic N) is 2. The Morgan fingerprint density at radius 2 is 1.89 bits per heavy atom. The maximum absolute atomic E-state index is 4.28. The highest BCUT2D eigenvalue weighted by molar-refractivity contribution is 5.51. The van der Waals surface area contributed by atoms with Crippen LogP contribution in [0.4, 0.5) is 5.69 Å². The zero-order valence-electron chi connectivity index (χ0n) is 11.3. The van der Waals surface area contributed by atoms with Gasteiger partial charge in [-0.1, -0.05) is 31.7 Å². The summed E-state index contributed by atoms with van der Waals surface area (Å²) in [6.07, 6.45) is 11.9. The summed E-state index contributed by atoms with van der Waals surface area (Å²) in [5, 5.41) is 7.96. The monoisotopic (exact) mass is 255 g/mol. The maximum Gasteiger partial charge on any atom is 0.0666 e. The molecule has 1 fully saturated rings. The number of aromatic nitrogens is 2. The van der Waals surface area contributed by atoms with Crippen molar-refractivity contribution in [2.75, 3.05) is 5.32 Å². The fraction of sp³-hybridized carbons (Fsp3) is 0.438. The highest BCUT2D eigenvalue weighted by Crippen LogP contribution is 2.22. The predicted octanol–water partition coefficient (Wildman–Crippen LogP) is 4.01. The molecule has 0 spiro atoms. The molecule has 0 saturated heterocycles. The van der Waals surface area contributed by atoms with Crippen molar-refractivity contribution in [1.29, 1.82) is 0 Å². The molecule has 0 atom stereocenters. The van der Waals surface area contributed by atoms with Crippen LogP contribution >= 0.6 is 0 Å². The molecule has 0 amide bonds. The molecule has 1 heterocycles. The Kier molecular flexibility index (Phi) is 3.82. The lowest BCUT2D eigenvalue weighted by Crippen LogP contribution is -2.18. The molecule has 3 heteroatoms. The van der Waals surface area contributed by atoms with Crippen LogP contribution < -0.4 is 5.32 Å². The summed E-state index contributed by atoms with van der Waals surface area (Å²) in [6.45, 7) is 0. The molecule has 1 aliphatic rings. The summed E-state index contributed by atoms with van der Waals surface area (Å²) >= 11 is 0. The molecular formula is C16H21N3. The molecule has 3 rings (SSSR count). The first-order valence-corrected chi connectivity index (χ1v) is 7.28. The Labute approximate surface area is 114 Å². The second kappa shape index (κ2) is 5.91. The van der Waals surface area contributed by atoms with Crippen LogP contribution in [0, 0.1) is 0 Å². The van der Waals surface area contributed by atoms with E-state index in [0.717, 1.165) is 5.69 Å². The minimum absolute atomic E-state index is 0.635. The zero-order valence-corrected chi connectivity index (χ0v) is 11.3. The average molecular weight is 255 g/mol. The Morgan fingerprint density at radius 3 is 2.63 bits per heavy atom. The topological polar surface area (TPSA) is 29.9 Å². The van der Waals surface area contributed by atoms with Gasteiger partial charge in [0, 0.05) is 24.1 Å². The lowest BCUT2D eigenvalue weighted by Gasteiger charge is -2.18. The summed E-state index contributed by atoms with van der Waals surface area (Å²) in [7, 11) is 0. The highest BCUT2D eigenvalue weighted by atomic mass is 15.3. The maximum atomic E-state index is 4.28. The standard InChI is InChI=1S/C16H21N3/c1-2-4-8-14(7-3-1)18-15-9-5-10-16(13-15)19-12-6-11-17-19/h5-6,9-14,18H,1-4,7-8H2. The van der Waals surface area contributed by atoms with E-state index in [-0.39, 0.29) is 0 Å². The number of nitrogens with one attached hydrogen (secondary N) is 1. The second-order valence-electron chi connectivity index (χ2n) is 5.33. The summed E-state index contributed by atoms with van der Waals surface area (Å²) in [5.74, 6) is 0. The SMILES string of the molecule is c1cc(NC2CCCCCC2)cc(-n2cccn2)c1. The van der Waals surface area contributed by atoms with E-state index in [1.807, 2.05) is 23.1 Å². The molecule has 0 unspecified atom stereocenters. The van der Waals surface area contributed by atoms with Crippen LogP contribution in [0.1, 0.15) is 38.5 Å². The molecule has 100 valence electrons. The van der Waals surface area contributed by atoms with E-state index < -0.39 is 0 Å². The van der Waals surface area contributed by atoms with Gasteiger partial charge in [-0.05, 0) is 37.1 Å². The first kappa shape index (κ1) is 12.3. The van der Waals surface area contributed by atoms with Crippen molar-refractivity contribution >= 4 is 5.69 Å². The minimum atomic E-state index is 0.635. The van der Waals surface area contributed by atoms with Crippen molar-refractivity contribution < 1.29 is 0 Å². The number of anilines is 1. The summed E-state index contributed by atoms with van der Waals surface area (Å²) in [6, 6.07) is 11.1. The molecule has 1 aliphatic carbocycles. The van der Waals surface area contributed by atoms with Crippen LogP contribution in [-0.2, 0) is 0 Å². The van der Waals surface area contributed by atoms with Gasteiger partial charge >= 0.3 is 0 Å². The first-order valence-electron chi connectivity index (χ1n) is 7.28. The third kappa shape index (κ3) is 3.16. The average Bonchev–Trinajstić information content (AvgIpc) is 2.86. The molecule has 1 aromatic carbocycles. The van der Waals surface area contributed by atoms with E-state index >= 15 is 0 Å². The highest BCUT2D eigenvalue weighted by Gasteiger charge is 2.11. The van der Waals surface area contributed by atoms with Gasteiger partial charge in [0.2, 0.25) is 0 Å². The Balaban J connectivity index is 1.72. The fourth-order valence-electron chi connectivity index (χ4n) is 2.82. The van der Waals surface area contributed by atoms with Gasteiger partial charge in [0.25, 0.3) is 0 Å². The van der Waals surface area contributed by atoms with E-state index in [4.69, 9.17) is 0 Å². The van der Waals surface area contributed by atoms with Crippen LogP contribution in [0.25, 0.3) is 5.69 Å². The number of rotatable bonds is 3.